The number of sulfone groups is 1. The Bertz CT molecular complexity index is 1130. The first kappa shape index (κ1) is 25.3. The van der Waals surface area contributed by atoms with Crippen molar-refractivity contribution in [3.63, 3.8) is 0 Å². The third kappa shape index (κ3) is 5.56. The van der Waals surface area contributed by atoms with Crippen LogP contribution in [0.15, 0.2) is 53.4 Å². The molecule has 2 atom stereocenters. The number of anilines is 1. The van der Waals surface area contributed by atoms with Gasteiger partial charge in [0, 0.05) is 31.9 Å². The molecule has 3 saturated heterocycles. The molecule has 0 spiro atoms. The van der Waals surface area contributed by atoms with E-state index in [1.807, 2.05) is 19.1 Å². The first-order chi connectivity index (χ1) is 16.6. The minimum Gasteiger partial charge on any atom is -0.494 e. The zero-order chi connectivity index (χ0) is 25.2. The molecule has 8 nitrogen and oxygen atoms in total. The molecule has 0 saturated carbocycles. The molecule has 3 heterocycles. The van der Waals surface area contributed by atoms with Crippen molar-refractivity contribution in [3.8, 4) is 11.5 Å². The number of benzene rings is 2. The second-order valence-corrected chi connectivity index (χ2v) is 12.1. The van der Waals surface area contributed by atoms with Crippen LogP contribution in [0.3, 0.4) is 0 Å². The number of ether oxygens (including phenoxy) is 2. The maximum atomic E-state index is 13.1. The van der Waals surface area contributed by atoms with Crippen molar-refractivity contribution in [2.75, 3.05) is 43.4 Å². The van der Waals surface area contributed by atoms with Gasteiger partial charge >= 0.3 is 6.09 Å². The molecule has 2 aromatic carbocycles. The molecule has 0 radical (unpaired) electrons. The number of hydrogen-bond acceptors (Lipinski definition) is 7. The Labute approximate surface area is 207 Å². The van der Waals surface area contributed by atoms with Crippen LogP contribution in [0.1, 0.15) is 27.2 Å². The molecular formula is C26H35N3O5S. The molecule has 2 bridgehead atoms. The predicted molar refractivity (Wildman–Crippen MR) is 136 cm³/mol. The molecule has 0 aliphatic carbocycles. The van der Waals surface area contributed by atoms with E-state index in [1.54, 1.807) is 4.90 Å². The smallest absolute Gasteiger partial charge is 0.415 e. The molecule has 2 N–H and O–H groups in total. The van der Waals surface area contributed by atoms with Gasteiger partial charge in [-0.3, -0.25) is 0 Å². The molecule has 35 heavy (non-hydrogen) atoms. The van der Waals surface area contributed by atoms with Crippen LogP contribution in [0.4, 0.5) is 10.5 Å². The molecule has 3 aliphatic heterocycles. The molecule has 3 fully saturated rings. The van der Waals surface area contributed by atoms with E-state index in [0.717, 1.165) is 24.4 Å². The fourth-order valence-electron chi connectivity index (χ4n) is 5.32. The Morgan fingerprint density at radius 2 is 1.69 bits per heavy atom. The van der Waals surface area contributed by atoms with Crippen LogP contribution in [0.2, 0.25) is 0 Å². The zero-order valence-corrected chi connectivity index (χ0v) is 21.5. The molecule has 1 unspecified atom stereocenters. The number of carbonyl (C=O) groups is 1. The van der Waals surface area contributed by atoms with Gasteiger partial charge in [-0.2, -0.15) is 0 Å². The van der Waals surface area contributed by atoms with Crippen molar-refractivity contribution in [3.05, 3.63) is 48.5 Å². The Kier molecular flexibility index (Phi) is 7.28. The first-order valence-electron chi connectivity index (χ1n) is 12.1. The zero-order valence-electron chi connectivity index (χ0n) is 20.6. The van der Waals surface area contributed by atoms with Crippen molar-refractivity contribution in [2.24, 2.45) is 17.1 Å². The van der Waals surface area contributed by atoms with Crippen LogP contribution in [0.5, 0.6) is 11.5 Å². The lowest BCUT2D eigenvalue weighted by molar-refractivity contribution is 0.149. The second kappa shape index (κ2) is 10.1. The summed E-state index contributed by atoms with van der Waals surface area (Å²) in [5.74, 6) is 1.36. The molecule has 9 heteroatoms. The number of fused-ring (bicyclic) bond motifs is 4. The molecule has 2 aromatic rings. The summed E-state index contributed by atoms with van der Waals surface area (Å²) in [5.41, 5.74) is 6.54. The fourth-order valence-corrected chi connectivity index (χ4v) is 6.42. The summed E-state index contributed by atoms with van der Waals surface area (Å²) in [6.45, 7) is 9.23. The molecule has 1 amide bonds. The standard InChI is InChI=1S/C26H35N3O5S/c1-4-33-21-7-5-20(6-8-21)29-17-19-15-26(2,3)24(29)18-28(16-19)25(30)34-22-9-11-23(12-10-22)35(31,32)14-13-27/h5-12,19,24H,4,13-18,27H2,1-3H3/t19-,24?/m1/s1. The van der Waals surface area contributed by atoms with Gasteiger partial charge in [0.2, 0.25) is 0 Å². The number of amides is 1. The van der Waals surface area contributed by atoms with Crippen molar-refractivity contribution in [1.29, 1.82) is 0 Å². The second-order valence-electron chi connectivity index (χ2n) is 10.0. The van der Waals surface area contributed by atoms with Crippen LogP contribution in [-0.4, -0.2) is 64.0 Å². The summed E-state index contributed by atoms with van der Waals surface area (Å²) < 4.78 is 35.6. The van der Waals surface area contributed by atoms with E-state index in [2.05, 4.69) is 30.9 Å². The molecule has 190 valence electrons. The number of piperidine rings is 1. The summed E-state index contributed by atoms with van der Waals surface area (Å²) in [6.07, 6.45) is 0.617. The van der Waals surface area contributed by atoms with E-state index in [0.29, 0.717) is 31.4 Å². The van der Waals surface area contributed by atoms with Gasteiger partial charge in [0.25, 0.3) is 0 Å². The third-order valence-corrected chi connectivity index (χ3v) is 8.70. The normalized spacial score (nSPS) is 21.5. The predicted octanol–water partition coefficient (Wildman–Crippen LogP) is 3.55. The Hall–Kier alpha value is -2.78. The van der Waals surface area contributed by atoms with Crippen LogP contribution in [-0.2, 0) is 9.84 Å². The summed E-state index contributed by atoms with van der Waals surface area (Å²) in [6, 6.07) is 14.2. The summed E-state index contributed by atoms with van der Waals surface area (Å²) in [5, 5.41) is 0. The average Bonchev–Trinajstić information content (AvgIpc) is 3.07. The van der Waals surface area contributed by atoms with Gasteiger partial charge in [-0.05, 0) is 73.2 Å². The van der Waals surface area contributed by atoms with Gasteiger partial charge in [-0.15, -0.1) is 0 Å². The average molecular weight is 502 g/mol. The van der Waals surface area contributed by atoms with Gasteiger partial charge in [0.05, 0.1) is 23.3 Å². The van der Waals surface area contributed by atoms with Crippen molar-refractivity contribution in [2.45, 2.75) is 38.1 Å². The summed E-state index contributed by atoms with van der Waals surface area (Å²) in [4.78, 5) is 17.5. The molecular weight excluding hydrogens is 466 g/mol. The minimum absolute atomic E-state index is 0.0233. The van der Waals surface area contributed by atoms with Gasteiger partial charge in [0.15, 0.2) is 9.84 Å². The summed E-state index contributed by atoms with van der Waals surface area (Å²) >= 11 is 0. The van der Waals surface area contributed by atoms with E-state index in [-0.39, 0.29) is 28.6 Å². The van der Waals surface area contributed by atoms with Crippen LogP contribution in [0, 0.1) is 11.3 Å². The van der Waals surface area contributed by atoms with E-state index in [9.17, 15) is 13.2 Å². The monoisotopic (exact) mass is 501 g/mol. The van der Waals surface area contributed by atoms with Gasteiger partial charge in [0.1, 0.15) is 11.5 Å². The highest BCUT2D eigenvalue weighted by Crippen LogP contribution is 2.43. The number of carbonyl (C=O) groups excluding carboxylic acids is 1. The third-order valence-electron chi connectivity index (χ3n) is 6.93. The number of nitrogens with two attached hydrogens (primary N) is 1. The van der Waals surface area contributed by atoms with E-state index >= 15 is 0 Å². The summed E-state index contributed by atoms with van der Waals surface area (Å²) in [7, 11) is -3.43. The van der Waals surface area contributed by atoms with E-state index in [1.165, 1.54) is 24.3 Å². The quantitative estimate of drug-likeness (QED) is 0.619. The van der Waals surface area contributed by atoms with Gasteiger partial charge in [-0.1, -0.05) is 13.8 Å². The fraction of sp³-hybridized carbons (Fsp3) is 0.500. The highest BCUT2D eigenvalue weighted by Gasteiger charge is 2.47. The number of hydrogen-bond donors (Lipinski definition) is 1. The number of rotatable bonds is 7. The lowest BCUT2D eigenvalue weighted by Gasteiger charge is -2.48. The van der Waals surface area contributed by atoms with Gasteiger partial charge < -0.3 is 25.0 Å². The van der Waals surface area contributed by atoms with Crippen molar-refractivity contribution in [1.82, 2.24) is 4.90 Å². The molecule has 5 rings (SSSR count). The Balaban J connectivity index is 1.49. The van der Waals surface area contributed by atoms with Crippen molar-refractivity contribution < 1.29 is 22.7 Å². The van der Waals surface area contributed by atoms with E-state index < -0.39 is 15.9 Å². The number of nitrogens with zero attached hydrogens (tertiary/aromatic N) is 2. The Morgan fingerprint density at radius 3 is 2.31 bits per heavy atom. The van der Waals surface area contributed by atoms with Crippen LogP contribution < -0.4 is 20.1 Å². The van der Waals surface area contributed by atoms with Crippen LogP contribution in [0.25, 0.3) is 0 Å². The van der Waals surface area contributed by atoms with Gasteiger partial charge in [-0.25, -0.2) is 13.2 Å². The lowest BCUT2D eigenvalue weighted by atomic mass is 9.73. The SMILES string of the molecule is CCOc1ccc(N2C[C@H]3CN(C(=O)Oc4ccc(S(=O)(=O)CCN)cc4)CC2C(C)(C)C3)cc1. The Morgan fingerprint density at radius 1 is 1.03 bits per heavy atom. The molecule has 3 aliphatic rings. The largest absolute Gasteiger partial charge is 0.494 e. The highest BCUT2D eigenvalue weighted by molar-refractivity contribution is 7.91. The van der Waals surface area contributed by atoms with Crippen molar-refractivity contribution >= 4 is 21.6 Å². The molecule has 0 aromatic heterocycles. The van der Waals surface area contributed by atoms with Crippen LogP contribution >= 0.6 is 0 Å². The lowest BCUT2D eigenvalue weighted by Crippen LogP contribution is -2.54. The minimum atomic E-state index is -3.43. The maximum Gasteiger partial charge on any atom is 0.415 e. The van der Waals surface area contributed by atoms with E-state index in [4.69, 9.17) is 15.2 Å². The maximum absolute atomic E-state index is 13.1. The topological polar surface area (TPSA) is 102 Å². The first-order valence-corrected chi connectivity index (χ1v) is 13.8. The highest BCUT2D eigenvalue weighted by atomic mass is 32.2.